The second kappa shape index (κ2) is 6.70. The quantitative estimate of drug-likeness (QED) is 0.306. The molecule has 0 aliphatic carbocycles. The Bertz CT molecular complexity index is 421. The summed E-state index contributed by atoms with van der Waals surface area (Å²) < 4.78 is 10.4. The van der Waals surface area contributed by atoms with Crippen molar-refractivity contribution < 1.29 is 14.7 Å². The van der Waals surface area contributed by atoms with Crippen molar-refractivity contribution in [2.45, 2.75) is 13.0 Å². The minimum absolute atomic E-state index is 0.0464. The summed E-state index contributed by atoms with van der Waals surface area (Å²) >= 11 is 0. The van der Waals surface area contributed by atoms with Crippen LogP contribution >= 0.6 is 0 Å². The van der Waals surface area contributed by atoms with Gasteiger partial charge in [-0.25, -0.2) is 0 Å². The maximum Gasteiger partial charge on any atom is 0.161 e. The number of amidine groups is 1. The molecule has 0 spiro atoms. The van der Waals surface area contributed by atoms with Gasteiger partial charge in [0.25, 0.3) is 0 Å². The molecule has 0 saturated heterocycles. The van der Waals surface area contributed by atoms with Crippen LogP contribution in [0, 0.1) is 0 Å². The van der Waals surface area contributed by atoms with E-state index in [-0.39, 0.29) is 11.9 Å². The monoisotopic (exact) mass is 253 g/mol. The fourth-order valence-corrected chi connectivity index (χ4v) is 1.53. The van der Waals surface area contributed by atoms with Gasteiger partial charge in [-0.15, -0.1) is 0 Å². The number of nitrogens with one attached hydrogen (secondary N) is 1. The van der Waals surface area contributed by atoms with Crippen molar-refractivity contribution in [3.8, 4) is 11.5 Å². The molecule has 18 heavy (non-hydrogen) atoms. The van der Waals surface area contributed by atoms with Crippen molar-refractivity contribution >= 4 is 5.84 Å². The number of oxime groups is 1. The Labute approximate surface area is 106 Å². The molecule has 0 amide bonds. The van der Waals surface area contributed by atoms with E-state index in [0.29, 0.717) is 18.0 Å². The third-order valence-corrected chi connectivity index (χ3v) is 2.63. The maximum atomic E-state index is 8.46. The van der Waals surface area contributed by atoms with Gasteiger partial charge in [-0.05, 0) is 24.6 Å². The zero-order valence-electron chi connectivity index (χ0n) is 10.8. The first-order valence-electron chi connectivity index (χ1n) is 5.54. The SMILES string of the molecule is COc1ccc(C(C)NCC(N)=NO)cc1OC. The zero-order valence-corrected chi connectivity index (χ0v) is 10.8. The third-order valence-electron chi connectivity index (χ3n) is 2.63. The number of hydrogen-bond acceptors (Lipinski definition) is 5. The van der Waals surface area contributed by atoms with E-state index >= 15 is 0 Å². The fraction of sp³-hybridized carbons (Fsp3) is 0.417. The fourth-order valence-electron chi connectivity index (χ4n) is 1.53. The van der Waals surface area contributed by atoms with Crippen LogP contribution in [0.2, 0.25) is 0 Å². The van der Waals surface area contributed by atoms with Gasteiger partial charge in [0.15, 0.2) is 17.3 Å². The minimum Gasteiger partial charge on any atom is -0.493 e. The topological polar surface area (TPSA) is 89.1 Å². The highest BCUT2D eigenvalue weighted by Gasteiger charge is 2.10. The molecule has 0 aromatic heterocycles. The molecule has 1 unspecified atom stereocenters. The lowest BCUT2D eigenvalue weighted by Gasteiger charge is -2.16. The molecule has 6 nitrogen and oxygen atoms in total. The maximum absolute atomic E-state index is 8.46. The Balaban J connectivity index is 2.77. The van der Waals surface area contributed by atoms with Gasteiger partial charge in [0.05, 0.1) is 20.8 Å². The second-order valence-electron chi connectivity index (χ2n) is 3.81. The molecule has 0 radical (unpaired) electrons. The highest BCUT2D eigenvalue weighted by Crippen LogP contribution is 2.29. The van der Waals surface area contributed by atoms with Gasteiger partial charge >= 0.3 is 0 Å². The minimum atomic E-state index is 0.0464. The molecule has 6 heteroatoms. The summed E-state index contributed by atoms with van der Waals surface area (Å²) in [6, 6.07) is 5.72. The van der Waals surface area contributed by atoms with Crippen LogP contribution < -0.4 is 20.5 Å². The van der Waals surface area contributed by atoms with Gasteiger partial charge in [-0.2, -0.15) is 0 Å². The molecule has 1 aromatic carbocycles. The second-order valence-corrected chi connectivity index (χ2v) is 3.81. The average Bonchev–Trinajstić information content (AvgIpc) is 2.43. The van der Waals surface area contributed by atoms with Crippen LogP contribution in [0.25, 0.3) is 0 Å². The Morgan fingerprint density at radius 1 is 1.39 bits per heavy atom. The van der Waals surface area contributed by atoms with Crippen molar-refractivity contribution in [2.24, 2.45) is 10.9 Å². The molecule has 1 rings (SSSR count). The Morgan fingerprint density at radius 3 is 2.61 bits per heavy atom. The lowest BCUT2D eigenvalue weighted by atomic mass is 10.1. The van der Waals surface area contributed by atoms with E-state index in [2.05, 4.69) is 10.5 Å². The average molecular weight is 253 g/mol. The highest BCUT2D eigenvalue weighted by atomic mass is 16.5. The lowest BCUT2D eigenvalue weighted by molar-refractivity contribution is 0.316. The smallest absolute Gasteiger partial charge is 0.161 e. The molecular formula is C12H19N3O3. The van der Waals surface area contributed by atoms with E-state index in [1.165, 1.54) is 0 Å². The molecule has 0 heterocycles. The number of hydrogen-bond donors (Lipinski definition) is 3. The summed E-state index contributed by atoms with van der Waals surface area (Å²) in [4.78, 5) is 0. The first-order valence-corrected chi connectivity index (χ1v) is 5.54. The van der Waals surface area contributed by atoms with Gasteiger partial charge in [0.1, 0.15) is 0 Å². The van der Waals surface area contributed by atoms with E-state index in [1.807, 2.05) is 25.1 Å². The van der Waals surface area contributed by atoms with Crippen molar-refractivity contribution in [3.63, 3.8) is 0 Å². The van der Waals surface area contributed by atoms with Crippen molar-refractivity contribution in [2.75, 3.05) is 20.8 Å². The van der Waals surface area contributed by atoms with Gasteiger partial charge in [-0.3, -0.25) is 0 Å². The molecule has 4 N–H and O–H groups in total. The first-order chi connectivity index (χ1) is 8.62. The summed E-state index contributed by atoms with van der Waals surface area (Å²) in [6.45, 7) is 2.29. The van der Waals surface area contributed by atoms with Gasteiger partial charge in [0, 0.05) is 6.04 Å². The summed E-state index contributed by atoms with van der Waals surface area (Å²) in [5, 5.41) is 14.5. The summed E-state index contributed by atoms with van der Waals surface area (Å²) in [7, 11) is 3.19. The number of methoxy groups -OCH3 is 2. The standard InChI is InChI=1S/C12H19N3O3/c1-8(14-7-12(13)15-16)9-4-5-10(17-2)11(6-9)18-3/h4-6,8,14,16H,7H2,1-3H3,(H2,13,15). The number of benzene rings is 1. The van der Waals surface area contributed by atoms with E-state index in [9.17, 15) is 0 Å². The summed E-state index contributed by atoms with van der Waals surface area (Å²) in [5.41, 5.74) is 6.42. The summed E-state index contributed by atoms with van der Waals surface area (Å²) in [5.74, 6) is 1.50. The molecule has 0 aliphatic rings. The van der Waals surface area contributed by atoms with Crippen molar-refractivity contribution in [3.05, 3.63) is 23.8 Å². The molecule has 1 aromatic rings. The van der Waals surface area contributed by atoms with Crippen LogP contribution in [-0.4, -0.2) is 31.8 Å². The van der Waals surface area contributed by atoms with Crippen molar-refractivity contribution in [1.82, 2.24) is 5.32 Å². The van der Waals surface area contributed by atoms with Crippen LogP contribution in [0.4, 0.5) is 0 Å². The number of nitrogens with zero attached hydrogens (tertiary/aromatic N) is 1. The molecule has 0 fully saturated rings. The number of nitrogens with two attached hydrogens (primary N) is 1. The lowest BCUT2D eigenvalue weighted by Crippen LogP contribution is -2.30. The molecule has 0 bridgehead atoms. The normalized spacial score (nSPS) is 13.2. The Hall–Kier alpha value is -1.95. The van der Waals surface area contributed by atoms with E-state index in [1.54, 1.807) is 14.2 Å². The molecule has 0 saturated carbocycles. The molecule has 100 valence electrons. The Kier molecular flexibility index (Phi) is 5.26. The largest absolute Gasteiger partial charge is 0.493 e. The van der Waals surface area contributed by atoms with Crippen LogP contribution in [0.1, 0.15) is 18.5 Å². The van der Waals surface area contributed by atoms with Gasteiger partial charge in [-0.1, -0.05) is 11.2 Å². The predicted octanol–water partition coefficient (Wildman–Crippen LogP) is 1.10. The first kappa shape index (κ1) is 14.1. The van der Waals surface area contributed by atoms with Crippen molar-refractivity contribution in [1.29, 1.82) is 0 Å². The van der Waals surface area contributed by atoms with E-state index in [4.69, 9.17) is 20.4 Å². The molecule has 1 atom stereocenters. The zero-order chi connectivity index (χ0) is 13.5. The van der Waals surface area contributed by atoms with E-state index < -0.39 is 0 Å². The van der Waals surface area contributed by atoms with Gasteiger partial charge in [0.2, 0.25) is 0 Å². The van der Waals surface area contributed by atoms with E-state index in [0.717, 1.165) is 5.56 Å². The molecule has 0 aliphatic heterocycles. The third kappa shape index (κ3) is 3.53. The highest BCUT2D eigenvalue weighted by molar-refractivity contribution is 5.81. The number of ether oxygens (including phenoxy) is 2. The van der Waals surface area contributed by atoms with Crippen LogP contribution in [0.15, 0.2) is 23.4 Å². The number of rotatable bonds is 6. The van der Waals surface area contributed by atoms with Crippen LogP contribution in [-0.2, 0) is 0 Å². The molecular weight excluding hydrogens is 234 g/mol. The summed E-state index contributed by atoms with van der Waals surface area (Å²) in [6.07, 6.45) is 0. The van der Waals surface area contributed by atoms with Crippen LogP contribution in [0.3, 0.4) is 0 Å². The van der Waals surface area contributed by atoms with Crippen LogP contribution in [0.5, 0.6) is 11.5 Å². The predicted molar refractivity (Wildman–Crippen MR) is 69.4 cm³/mol. The Morgan fingerprint density at radius 2 is 2.06 bits per heavy atom. The van der Waals surface area contributed by atoms with Gasteiger partial charge < -0.3 is 25.7 Å².